The maximum absolute atomic E-state index is 14.2. The van der Waals surface area contributed by atoms with Gasteiger partial charge in [-0.05, 0) is 92.7 Å². The van der Waals surface area contributed by atoms with Crippen molar-refractivity contribution in [2.75, 3.05) is 68.7 Å². The molecule has 5 aromatic rings. The molecule has 1 saturated carbocycles. The first-order valence-corrected chi connectivity index (χ1v) is 23.6. The van der Waals surface area contributed by atoms with E-state index in [9.17, 15) is 50.6 Å². The number of phenols is 1. The number of aryl methyl sites for hydroxylation is 1. The van der Waals surface area contributed by atoms with Crippen LogP contribution in [0.4, 0.5) is 42.8 Å². The van der Waals surface area contributed by atoms with Crippen molar-refractivity contribution in [3.8, 4) is 16.9 Å². The molecule has 17 nitrogen and oxygen atoms in total. The largest absolute Gasteiger partial charge is 0.503 e. The Morgan fingerprint density at radius 2 is 1.50 bits per heavy atom. The van der Waals surface area contributed by atoms with Gasteiger partial charge >= 0.3 is 18.2 Å². The van der Waals surface area contributed by atoms with Crippen LogP contribution in [-0.4, -0.2) is 135 Å². The number of fused-ring (bicyclic) bond motifs is 1. The first-order valence-electron chi connectivity index (χ1n) is 23.6. The monoisotopic (exact) mass is 1010 g/mol. The minimum Gasteiger partial charge on any atom is -0.503 e. The molecule has 3 aromatic carbocycles. The van der Waals surface area contributed by atoms with Crippen LogP contribution in [0.1, 0.15) is 77.3 Å². The highest BCUT2D eigenvalue weighted by Crippen LogP contribution is 2.34. The summed E-state index contributed by atoms with van der Waals surface area (Å²) in [4.78, 5) is 76.7. The molecule has 72 heavy (non-hydrogen) atoms. The van der Waals surface area contributed by atoms with Gasteiger partial charge in [-0.2, -0.15) is 22.7 Å². The number of benzene rings is 3. The topological polar surface area (TPSA) is 206 Å². The quantitative estimate of drug-likeness (QED) is 0.0839. The highest BCUT2D eigenvalue weighted by atomic mass is 19.4. The van der Waals surface area contributed by atoms with E-state index >= 15 is 0 Å². The lowest BCUT2D eigenvalue weighted by atomic mass is 9.86. The zero-order chi connectivity index (χ0) is 51.4. The number of hydrogen-bond donors (Lipinski definition) is 4. The van der Waals surface area contributed by atoms with Crippen LogP contribution in [0.25, 0.3) is 22.0 Å². The SMILES string of the molecule is Cc1ccc(C(=O)N2CCN(CC3CCN(c4ncc(-c5ccc6cn(C7CCC(CNC(=O)c8cc(F)c(O)c(F)c8F)CC7)nc6c5)cn4)CC3)CC2)cc1N1CCC(=O)NC1=O.O=C(O)C(F)(F)F. The number of carboxylic acids is 1. The molecular formula is C49H52F6N10O7. The molecular weight excluding hydrogens is 955 g/mol. The molecule has 23 heteroatoms. The number of amides is 5. The Balaban J connectivity index is 0.000000923. The lowest BCUT2D eigenvalue weighted by Crippen LogP contribution is -2.51. The van der Waals surface area contributed by atoms with Gasteiger partial charge in [-0.1, -0.05) is 18.2 Å². The van der Waals surface area contributed by atoms with Crippen molar-refractivity contribution in [3.05, 3.63) is 95.2 Å². The number of carbonyl (C=O) groups is 5. The van der Waals surface area contributed by atoms with E-state index in [-0.39, 0.29) is 43.3 Å². The third-order valence-corrected chi connectivity index (χ3v) is 13.7. The minimum atomic E-state index is -5.08. The molecule has 3 aliphatic heterocycles. The summed E-state index contributed by atoms with van der Waals surface area (Å²) in [5.41, 5.74) is 3.98. The van der Waals surface area contributed by atoms with Crippen LogP contribution < -0.4 is 20.4 Å². The highest BCUT2D eigenvalue weighted by molar-refractivity contribution is 6.06. The molecule has 4 N–H and O–H groups in total. The number of imide groups is 1. The summed E-state index contributed by atoms with van der Waals surface area (Å²) >= 11 is 0. The molecule has 1 aliphatic carbocycles. The fourth-order valence-corrected chi connectivity index (χ4v) is 9.56. The van der Waals surface area contributed by atoms with E-state index in [1.165, 1.54) is 4.90 Å². The number of rotatable bonds is 10. The number of aromatic nitrogens is 4. The van der Waals surface area contributed by atoms with Crippen molar-refractivity contribution in [3.63, 3.8) is 0 Å². The van der Waals surface area contributed by atoms with Gasteiger partial charge in [-0.25, -0.2) is 28.3 Å². The molecule has 2 aromatic heterocycles. The van der Waals surface area contributed by atoms with Crippen LogP contribution in [0.5, 0.6) is 5.75 Å². The zero-order valence-corrected chi connectivity index (χ0v) is 39.1. The van der Waals surface area contributed by atoms with E-state index in [0.29, 0.717) is 42.3 Å². The van der Waals surface area contributed by atoms with Crippen LogP contribution in [0.15, 0.2) is 61.1 Å². The predicted molar refractivity (Wildman–Crippen MR) is 250 cm³/mol. The van der Waals surface area contributed by atoms with E-state index in [1.807, 2.05) is 59.4 Å². The lowest BCUT2D eigenvalue weighted by Gasteiger charge is -2.39. The molecule has 0 bridgehead atoms. The Hall–Kier alpha value is -7.30. The summed E-state index contributed by atoms with van der Waals surface area (Å²) in [6.45, 7) is 7.98. The van der Waals surface area contributed by atoms with Gasteiger partial charge in [-0.3, -0.25) is 34.2 Å². The van der Waals surface area contributed by atoms with E-state index in [2.05, 4.69) is 20.4 Å². The average Bonchev–Trinajstić information content (AvgIpc) is 3.81. The maximum Gasteiger partial charge on any atom is 0.490 e. The normalized spacial score (nSPS) is 19.2. The predicted octanol–water partition coefficient (Wildman–Crippen LogP) is 6.84. The Morgan fingerprint density at radius 3 is 2.15 bits per heavy atom. The number of alkyl halides is 3. The van der Waals surface area contributed by atoms with E-state index in [4.69, 9.17) is 25.0 Å². The van der Waals surface area contributed by atoms with E-state index < -0.39 is 52.8 Å². The van der Waals surface area contributed by atoms with Crippen LogP contribution in [0, 0.1) is 36.2 Å². The summed E-state index contributed by atoms with van der Waals surface area (Å²) in [5, 5.41) is 27.2. The van der Waals surface area contributed by atoms with Crippen molar-refractivity contribution >= 4 is 52.3 Å². The molecule has 0 unspecified atom stereocenters. The summed E-state index contributed by atoms with van der Waals surface area (Å²) in [7, 11) is 0. The van der Waals surface area contributed by atoms with Gasteiger partial charge in [0.05, 0.1) is 17.1 Å². The number of halogens is 6. The molecule has 3 saturated heterocycles. The highest BCUT2D eigenvalue weighted by Gasteiger charge is 2.38. The maximum atomic E-state index is 14.2. The van der Waals surface area contributed by atoms with Gasteiger partial charge in [-0.15, -0.1) is 0 Å². The zero-order valence-electron chi connectivity index (χ0n) is 39.1. The number of carbonyl (C=O) groups excluding carboxylic acids is 4. The summed E-state index contributed by atoms with van der Waals surface area (Å²) in [6, 6.07) is 11.8. The van der Waals surface area contributed by atoms with Crippen LogP contribution in [0.2, 0.25) is 0 Å². The summed E-state index contributed by atoms with van der Waals surface area (Å²) in [6.07, 6.45) is 6.15. The van der Waals surface area contributed by atoms with Crippen LogP contribution >= 0.6 is 0 Å². The second-order valence-corrected chi connectivity index (χ2v) is 18.5. The van der Waals surface area contributed by atoms with Crippen molar-refractivity contribution < 1.29 is 60.5 Å². The Bertz CT molecular complexity index is 2840. The van der Waals surface area contributed by atoms with Crippen molar-refractivity contribution in [2.45, 2.75) is 64.1 Å². The second kappa shape index (κ2) is 21.6. The van der Waals surface area contributed by atoms with Gasteiger partial charge in [0.1, 0.15) is 0 Å². The third kappa shape index (κ3) is 11.7. The Morgan fingerprint density at radius 1 is 0.819 bits per heavy atom. The molecule has 5 heterocycles. The van der Waals surface area contributed by atoms with Gasteiger partial charge in [0.25, 0.3) is 11.8 Å². The third-order valence-electron chi connectivity index (χ3n) is 13.7. The summed E-state index contributed by atoms with van der Waals surface area (Å²) in [5.74, 6) is -8.89. The molecule has 382 valence electrons. The summed E-state index contributed by atoms with van der Waals surface area (Å²) < 4.78 is 75.4. The average molecular weight is 1010 g/mol. The van der Waals surface area contributed by atoms with Crippen LogP contribution in [-0.2, 0) is 9.59 Å². The Kier molecular flexibility index (Phi) is 15.3. The number of phenolic OH excluding ortho intramolecular Hbond substituents is 1. The second-order valence-electron chi connectivity index (χ2n) is 18.5. The fourth-order valence-electron chi connectivity index (χ4n) is 9.56. The van der Waals surface area contributed by atoms with Crippen molar-refractivity contribution in [1.29, 1.82) is 0 Å². The number of hydrogen-bond acceptors (Lipinski definition) is 11. The number of piperidine rings is 1. The smallest absolute Gasteiger partial charge is 0.490 e. The fraction of sp³-hybridized carbons (Fsp3) is 0.429. The number of anilines is 2. The molecule has 4 fully saturated rings. The molecule has 4 aliphatic rings. The van der Waals surface area contributed by atoms with Crippen LogP contribution in [0.3, 0.4) is 0 Å². The molecule has 5 amide bonds. The number of nitrogens with one attached hydrogen (secondary N) is 2. The number of aromatic hydroxyl groups is 1. The lowest BCUT2D eigenvalue weighted by molar-refractivity contribution is -0.192. The molecule has 9 rings (SSSR count). The molecule has 0 spiro atoms. The number of nitrogens with zero attached hydrogens (tertiary/aromatic N) is 8. The first kappa shape index (κ1) is 51.1. The van der Waals surface area contributed by atoms with Crippen molar-refractivity contribution in [1.82, 2.24) is 40.2 Å². The molecule has 0 radical (unpaired) electrons. The van der Waals surface area contributed by atoms with Gasteiger partial charge in [0, 0.05) is 106 Å². The first-order chi connectivity index (χ1) is 34.3. The van der Waals surface area contributed by atoms with Gasteiger partial charge in [0.15, 0.2) is 17.4 Å². The minimum absolute atomic E-state index is 0.0534. The molecule has 0 atom stereocenters. The number of carboxylic acid groups (broad SMARTS) is 1. The Labute approximate surface area is 408 Å². The number of aliphatic carboxylic acids is 1. The number of piperazine rings is 1. The van der Waals surface area contributed by atoms with E-state index in [0.717, 1.165) is 98.8 Å². The van der Waals surface area contributed by atoms with Gasteiger partial charge in [0.2, 0.25) is 17.7 Å². The van der Waals surface area contributed by atoms with Crippen molar-refractivity contribution in [2.24, 2.45) is 11.8 Å². The van der Waals surface area contributed by atoms with Gasteiger partial charge < -0.3 is 25.3 Å². The standard InChI is InChI=1S/C47H51F3N10O5.C2HF3O2/c1-28-2-5-32(21-39(28)59-15-12-40(61)54-47(59)65)45(64)57-18-16-56(17-19-57)26-30-10-13-58(14-11-30)46-52-24-34(25-53-46)31-6-7-33-27-60(55-38(33)20-31)35-8-3-29(4-9-35)23-51-44(63)36-22-37(48)43(62)42(50)41(36)49;3-2(4,5)1(6)7/h2,5-7,20-22,24-25,27,29-30,35,62H,3-4,8-19,23,26H2,1H3,(H,51,63)(H,54,61,65);(H,6,7). The number of urea groups is 1. The van der Waals surface area contributed by atoms with E-state index in [1.54, 1.807) is 12.1 Å².